The van der Waals surface area contributed by atoms with Gasteiger partial charge >= 0.3 is 0 Å². The maximum absolute atomic E-state index is 4.14. The number of halogens is 1. The van der Waals surface area contributed by atoms with Crippen molar-refractivity contribution in [1.29, 1.82) is 0 Å². The first-order chi connectivity index (χ1) is 10.1. The van der Waals surface area contributed by atoms with Gasteiger partial charge in [0.15, 0.2) is 0 Å². The maximum atomic E-state index is 4.14. The van der Waals surface area contributed by atoms with Crippen molar-refractivity contribution >= 4 is 15.9 Å². The summed E-state index contributed by atoms with van der Waals surface area (Å²) in [6, 6.07) is 9.45. The summed E-state index contributed by atoms with van der Waals surface area (Å²) in [6.45, 7) is 4.55. The van der Waals surface area contributed by atoms with Crippen molar-refractivity contribution in [3.05, 3.63) is 35.4 Å². The van der Waals surface area contributed by atoms with Crippen molar-refractivity contribution in [3.8, 4) is 0 Å². The minimum atomic E-state index is 0.564. The Hall–Kier alpha value is -0.300. The van der Waals surface area contributed by atoms with Gasteiger partial charge in [0, 0.05) is 4.83 Å². The van der Waals surface area contributed by atoms with E-state index in [0.717, 1.165) is 17.8 Å². The van der Waals surface area contributed by atoms with Gasteiger partial charge in [-0.25, -0.2) is 0 Å². The van der Waals surface area contributed by atoms with Crippen molar-refractivity contribution in [2.45, 2.75) is 63.1 Å². The number of benzene rings is 1. The summed E-state index contributed by atoms with van der Waals surface area (Å²) in [5.41, 5.74) is 3.54. The summed E-state index contributed by atoms with van der Waals surface area (Å²) in [4.78, 5) is 0.569. The smallest absolute Gasteiger partial charge is 0.0451 e. The molecule has 1 aromatic carbocycles. The molecule has 0 spiro atoms. The van der Waals surface area contributed by atoms with Gasteiger partial charge in [-0.05, 0) is 78.7 Å². The third-order valence-electron chi connectivity index (χ3n) is 6.52. The lowest BCUT2D eigenvalue weighted by atomic mass is 9.48. The minimum Gasteiger partial charge on any atom is -0.0833 e. The van der Waals surface area contributed by atoms with E-state index in [9.17, 15) is 0 Å². The summed E-state index contributed by atoms with van der Waals surface area (Å²) in [7, 11) is 0. The van der Waals surface area contributed by atoms with E-state index in [-0.39, 0.29) is 0 Å². The van der Waals surface area contributed by atoms with E-state index in [1.165, 1.54) is 49.7 Å². The summed E-state index contributed by atoms with van der Waals surface area (Å²) < 4.78 is 0. The van der Waals surface area contributed by atoms with Crippen molar-refractivity contribution in [2.75, 3.05) is 0 Å². The highest BCUT2D eigenvalue weighted by Crippen LogP contribution is 2.65. The van der Waals surface area contributed by atoms with Crippen LogP contribution in [-0.2, 0) is 0 Å². The first kappa shape index (κ1) is 14.3. The molecule has 4 bridgehead atoms. The average Bonchev–Trinajstić information content (AvgIpc) is 2.45. The zero-order valence-corrected chi connectivity index (χ0v) is 14.9. The van der Waals surface area contributed by atoms with Crippen LogP contribution in [0.5, 0.6) is 0 Å². The van der Waals surface area contributed by atoms with Gasteiger partial charge in [-0.2, -0.15) is 0 Å². The molecule has 0 nitrogen and oxygen atoms in total. The van der Waals surface area contributed by atoms with Gasteiger partial charge in [-0.1, -0.05) is 54.0 Å². The Morgan fingerprint density at radius 2 is 1.29 bits per heavy atom. The van der Waals surface area contributed by atoms with E-state index >= 15 is 0 Å². The standard InChI is InChI=1S/C20H27Br/c1-13(2)17-3-5-18(6-4-17)19(21)20-10-14-7-15(11-20)9-16(8-14)12-20/h3-6,13-16,19H,7-12H2,1-2H3. The number of hydrogen-bond donors (Lipinski definition) is 0. The second kappa shape index (κ2) is 5.11. The van der Waals surface area contributed by atoms with Crippen LogP contribution in [0.25, 0.3) is 0 Å². The molecule has 0 heterocycles. The minimum absolute atomic E-state index is 0.564. The molecule has 4 aliphatic carbocycles. The molecule has 4 saturated carbocycles. The molecule has 1 unspecified atom stereocenters. The molecule has 0 N–H and O–H groups in total. The molecule has 5 rings (SSSR count). The number of hydrogen-bond acceptors (Lipinski definition) is 0. The molecule has 21 heavy (non-hydrogen) atoms. The first-order valence-electron chi connectivity index (χ1n) is 8.80. The van der Waals surface area contributed by atoms with Crippen molar-refractivity contribution in [1.82, 2.24) is 0 Å². The van der Waals surface area contributed by atoms with Gasteiger partial charge in [0.05, 0.1) is 0 Å². The van der Waals surface area contributed by atoms with Crippen LogP contribution >= 0.6 is 15.9 Å². The first-order valence-corrected chi connectivity index (χ1v) is 9.71. The van der Waals surface area contributed by atoms with Crippen molar-refractivity contribution in [3.63, 3.8) is 0 Å². The van der Waals surface area contributed by atoms with Gasteiger partial charge in [-0.15, -0.1) is 0 Å². The normalized spacial score (nSPS) is 39.0. The molecule has 1 aromatic rings. The van der Waals surface area contributed by atoms with E-state index in [1.807, 2.05) is 0 Å². The van der Waals surface area contributed by atoms with Crippen LogP contribution in [0.15, 0.2) is 24.3 Å². The summed E-state index contributed by atoms with van der Waals surface area (Å²) in [5, 5.41) is 0. The number of alkyl halides is 1. The largest absolute Gasteiger partial charge is 0.0833 e. The van der Waals surface area contributed by atoms with Crippen LogP contribution in [0.3, 0.4) is 0 Å². The van der Waals surface area contributed by atoms with Crippen LogP contribution in [0.1, 0.15) is 74.2 Å². The third kappa shape index (κ3) is 2.40. The second-order valence-corrected chi connectivity index (χ2v) is 9.38. The lowest BCUT2D eigenvalue weighted by Gasteiger charge is -2.58. The van der Waals surface area contributed by atoms with E-state index in [1.54, 1.807) is 0 Å². The van der Waals surface area contributed by atoms with Crippen LogP contribution in [-0.4, -0.2) is 0 Å². The third-order valence-corrected chi connectivity index (χ3v) is 8.02. The van der Waals surface area contributed by atoms with Gasteiger partial charge in [0.25, 0.3) is 0 Å². The average molecular weight is 347 g/mol. The fraction of sp³-hybridized carbons (Fsp3) is 0.700. The SMILES string of the molecule is CC(C)c1ccc(C(Br)C23CC4CC(CC(C4)C2)C3)cc1. The topological polar surface area (TPSA) is 0 Å². The van der Waals surface area contributed by atoms with Crippen molar-refractivity contribution < 1.29 is 0 Å². The molecule has 114 valence electrons. The Bertz CT molecular complexity index is 478. The summed E-state index contributed by atoms with van der Waals surface area (Å²) in [5.74, 6) is 3.73. The Morgan fingerprint density at radius 1 is 0.857 bits per heavy atom. The second-order valence-electron chi connectivity index (χ2n) is 8.46. The monoisotopic (exact) mass is 346 g/mol. The van der Waals surface area contributed by atoms with E-state index in [4.69, 9.17) is 0 Å². The zero-order chi connectivity index (χ0) is 14.6. The maximum Gasteiger partial charge on any atom is 0.0451 e. The lowest BCUT2D eigenvalue weighted by Crippen LogP contribution is -2.47. The van der Waals surface area contributed by atoms with Crippen LogP contribution < -0.4 is 0 Å². The van der Waals surface area contributed by atoms with Crippen LogP contribution in [0.4, 0.5) is 0 Å². The fourth-order valence-corrected chi connectivity index (χ4v) is 6.76. The number of rotatable bonds is 3. The molecular formula is C20H27Br. The molecule has 4 fully saturated rings. The van der Waals surface area contributed by atoms with Gasteiger partial charge in [-0.3, -0.25) is 0 Å². The Labute approximate surface area is 137 Å². The molecule has 0 aromatic heterocycles. The van der Waals surface area contributed by atoms with E-state index < -0.39 is 0 Å². The quantitative estimate of drug-likeness (QED) is 0.550. The highest BCUT2D eigenvalue weighted by Gasteiger charge is 2.53. The molecule has 4 aliphatic rings. The molecule has 0 radical (unpaired) electrons. The lowest BCUT2D eigenvalue weighted by molar-refractivity contribution is -0.0528. The molecule has 1 atom stereocenters. The Kier molecular flexibility index (Phi) is 3.48. The van der Waals surface area contributed by atoms with Crippen LogP contribution in [0, 0.1) is 23.2 Å². The highest BCUT2D eigenvalue weighted by molar-refractivity contribution is 9.09. The molecule has 1 heteroatoms. The Balaban J connectivity index is 1.60. The predicted molar refractivity (Wildman–Crippen MR) is 92.8 cm³/mol. The highest BCUT2D eigenvalue weighted by atomic mass is 79.9. The van der Waals surface area contributed by atoms with Gasteiger partial charge in [0.1, 0.15) is 0 Å². The van der Waals surface area contributed by atoms with Crippen molar-refractivity contribution in [2.24, 2.45) is 23.2 Å². The van der Waals surface area contributed by atoms with Gasteiger partial charge in [0.2, 0.25) is 0 Å². The predicted octanol–water partition coefficient (Wildman–Crippen LogP) is 6.46. The fourth-order valence-electron chi connectivity index (χ4n) is 5.89. The Morgan fingerprint density at radius 3 is 1.71 bits per heavy atom. The molecule has 0 amide bonds. The molecule has 0 aliphatic heterocycles. The summed E-state index contributed by atoms with van der Waals surface area (Å²) >= 11 is 4.14. The summed E-state index contributed by atoms with van der Waals surface area (Å²) in [6.07, 6.45) is 9.02. The van der Waals surface area contributed by atoms with E-state index in [2.05, 4.69) is 54.0 Å². The van der Waals surface area contributed by atoms with Gasteiger partial charge < -0.3 is 0 Å². The van der Waals surface area contributed by atoms with E-state index in [0.29, 0.717) is 16.2 Å². The molecule has 0 saturated heterocycles. The molecular weight excluding hydrogens is 320 g/mol. The van der Waals surface area contributed by atoms with Crippen LogP contribution in [0.2, 0.25) is 0 Å². The zero-order valence-electron chi connectivity index (χ0n) is 13.3.